The maximum absolute atomic E-state index is 12.2. The highest BCUT2D eigenvalue weighted by Gasteiger charge is 2.29. The molecule has 1 aromatic rings. The number of thiazole rings is 1. The van der Waals surface area contributed by atoms with Crippen LogP contribution in [-0.2, 0) is 0 Å². The van der Waals surface area contributed by atoms with Crippen molar-refractivity contribution in [2.75, 3.05) is 31.2 Å². The van der Waals surface area contributed by atoms with Gasteiger partial charge in [0.05, 0.1) is 0 Å². The Morgan fingerprint density at radius 2 is 2.29 bits per heavy atom. The highest BCUT2D eigenvalue weighted by atomic mass is 32.1. The fourth-order valence-electron chi connectivity index (χ4n) is 2.11. The quantitative estimate of drug-likeness (QED) is 0.681. The zero-order valence-electron chi connectivity index (χ0n) is 13.0. The van der Waals surface area contributed by atoms with Gasteiger partial charge in [-0.1, -0.05) is 18.3 Å². The lowest BCUT2D eigenvalue weighted by Crippen LogP contribution is -2.41. The third-order valence-electron chi connectivity index (χ3n) is 3.76. The normalized spacial score (nSPS) is 16.0. The minimum Gasteiger partial charge on any atom is -0.382 e. The number of likely N-dealkylation sites (N-methyl/N-ethyl adjacent to an activating group) is 1. The minimum atomic E-state index is -0.134. The van der Waals surface area contributed by atoms with Crippen LogP contribution in [0.2, 0.25) is 0 Å². The number of rotatable bonds is 8. The van der Waals surface area contributed by atoms with E-state index in [1.54, 1.807) is 0 Å². The number of nitrogens with zero attached hydrogens (tertiary/aromatic N) is 2. The Bertz CT molecular complexity index is 486. The van der Waals surface area contributed by atoms with E-state index in [1.807, 2.05) is 0 Å². The summed E-state index contributed by atoms with van der Waals surface area (Å²) in [4.78, 5) is 19.2. The molecule has 1 aromatic heterocycles. The number of nitrogens with two attached hydrogens (primary N) is 1. The van der Waals surface area contributed by atoms with Gasteiger partial charge in [-0.2, -0.15) is 0 Å². The highest BCUT2D eigenvalue weighted by molar-refractivity contribution is 7.18. The van der Waals surface area contributed by atoms with Crippen molar-refractivity contribution in [3.63, 3.8) is 0 Å². The van der Waals surface area contributed by atoms with Crippen molar-refractivity contribution in [2.45, 2.75) is 45.2 Å². The summed E-state index contributed by atoms with van der Waals surface area (Å²) in [7, 11) is 2.11. The molecule has 1 amide bonds. The van der Waals surface area contributed by atoms with Crippen LogP contribution in [0.3, 0.4) is 0 Å². The summed E-state index contributed by atoms with van der Waals surface area (Å²) < 4.78 is 0. The van der Waals surface area contributed by atoms with E-state index in [0.717, 1.165) is 13.0 Å². The van der Waals surface area contributed by atoms with Gasteiger partial charge in [0.15, 0.2) is 5.13 Å². The van der Waals surface area contributed by atoms with Crippen LogP contribution in [0, 0.1) is 0 Å². The molecule has 1 fully saturated rings. The molecule has 1 heterocycles. The van der Waals surface area contributed by atoms with Crippen molar-refractivity contribution in [1.29, 1.82) is 0 Å². The Kier molecular flexibility index (Phi) is 5.41. The molecule has 0 spiro atoms. The molecule has 6 nitrogen and oxygen atoms in total. The molecule has 1 unspecified atom stereocenters. The van der Waals surface area contributed by atoms with Gasteiger partial charge in [-0.25, -0.2) is 4.98 Å². The first-order valence-corrected chi connectivity index (χ1v) is 8.34. The second-order valence-corrected chi connectivity index (χ2v) is 6.61. The number of amides is 1. The van der Waals surface area contributed by atoms with Crippen LogP contribution < -0.4 is 16.4 Å². The van der Waals surface area contributed by atoms with Crippen molar-refractivity contribution >= 4 is 28.2 Å². The van der Waals surface area contributed by atoms with E-state index in [-0.39, 0.29) is 5.91 Å². The molecular formula is C14H25N5OS. The van der Waals surface area contributed by atoms with Gasteiger partial charge in [-0.05, 0) is 33.2 Å². The van der Waals surface area contributed by atoms with Crippen molar-refractivity contribution in [1.82, 2.24) is 15.2 Å². The smallest absolute Gasteiger partial charge is 0.265 e. The Morgan fingerprint density at radius 3 is 2.90 bits per heavy atom. The second-order valence-electron chi connectivity index (χ2n) is 5.62. The fourth-order valence-corrected chi connectivity index (χ4v) is 2.94. The number of nitrogen functional groups attached to an aromatic ring is 1. The Labute approximate surface area is 130 Å². The molecule has 0 aromatic carbocycles. The first-order chi connectivity index (χ1) is 10.0. The molecule has 1 atom stereocenters. The molecule has 7 heteroatoms. The van der Waals surface area contributed by atoms with E-state index in [0.29, 0.717) is 34.5 Å². The number of nitrogens with one attached hydrogen (secondary N) is 2. The predicted octanol–water partition coefficient (Wildman–Crippen LogP) is 1.76. The molecule has 2 rings (SSSR count). The van der Waals surface area contributed by atoms with Crippen molar-refractivity contribution in [2.24, 2.45) is 0 Å². The molecule has 0 saturated heterocycles. The average Bonchev–Trinajstić information content (AvgIpc) is 3.25. The Hall–Kier alpha value is -1.34. The SMILES string of the molecule is CCCNc1nc(N)c(C(=O)NCC(C)N(C)C2CC2)s1. The second kappa shape index (κ2) is 7.09. The van der Waals surface area contributed by atoms with Crippen LogP contribution >= 0.6 is 11.3 Å². The molecular weight excluding hydrogens is 286 g/mol. The molecule has 0 radical (unpaired) electrons. The number of carbonyl (C=O) groups is 1. The van der Waals surface area contributed by atoms with Crippen molar-refractivity contribution in [3.8, 4) is 0 Å². The zero-order chi connectivity index (χ0) is 15.4. The summed E-state index contributed by atoms with van der Waals surface area (Å²) in [5, 5.41) is 6.82. The van der Waals surface area contributed by atoms with Crippen LogP contribution in [0.25, 0.3) is 0 Å². The summed E-state index contributed by atoms with van der Waals surface area (Å²) in [5.74, 6) is 0.171. The molecule has 4 N–H and O–H groups in total. The van der Waals surface area contributed by atoms with Gasteiger partial charge in [-0.15, -0.1) is 0 Å². The molecule has 21 heavy (non-hydrogen) atoms. The van der Waals surface area contributed by atoms with Crippen LogP contribution in [-0.4, -0.2) is 48.0 Å². The van der Waals surface area contributed by atoms with Gasteiger partial charge in [0, 0.05) is 25.2 Å². The summed E-state index contributed by atoms with van der Waals surface area (Å²) in [6.45, 7) is 5.66. The van der Waals surface area contributed by atoms with Crippen LogP contribution in [0.4, 0.5) is 10.9 Å². The molecule has 0 bridgehead atoms. The van der Waals surface area contributed by atoms with E-state index in [9.17, 15) is 4.79 Å². The maximum Gasteiger partial charge on any atom is 0.265 e. The fraction of sp³-hybridized carbons (Fsp3) is 0.714. The van der Waals surface area contributed by atoms with Crippen LogP contribution in [0.15, 0.2) is 0 Å². The number of hydrogen-bond acceptors (Lipinski definition) is 6. The van der Waals surface area contributed by atoms with Gasteiger partial charge >= 0.3 is 0 Å². The molecule has 0 aliphatic heterocycles. The lowest BCUT2D eigenvalue weighted by molar-refractivity contribution is 0.0944. The van der Waals surface area contributed by atoms with E-state index in [1.165, 1.54) is 24.2 Å². The van der Waals surface area contributed by atoms with Crippen LogP contribution in [0.5, 0.6) is 0 Å². The first kappa shape index (κ1) is 16.0. The monoisotopic (exact) mass is 311 g/mol. The number of anilines is 2. The third-order valence-corrected chi connectivity index (χ3v) is 4.79. The van der Waals surface area contributed by atoms with Gasteiger partial charge in [0.1, 0.15) is 10.7 Å². The minimum absolute atomic E-state index is 0.134. The molecule has 1 saturated carbocycles. The van der Waals surface area contributed by atoms with Gasteiger partial charge in [0.25, 0.3) is 5.91 Å². The molecule has 118 valence electrons. The molecule has 1 aliphatic carbocycles. The number of aromatic nitrogens is 1. The van der Waals surface area contributed by atoms with E-state index in [2.05, 4.69) is 41.4 Å². The summed E-state index contributed by atoms with van der Waals surface area (Å²) in [6.07, 6.45) is 3.54. The van der Waals surface area contributed by atoms with E-state index < -0.39 is 0 Å². The van der Waals surface area contributed by atoms with Crippen LogP contribution in [0.1, 0.15) is 42.8 Å². The highest BCUT2D eigenvalue weighted by Crippen LogP contribution is 2.27. The van der Waals surface area contributed by atoms with Gasteiger partial charge in [0.2, 0.25) is 0 Å². The lowest BCUT2D eigenvalue weighted by Gasteiger charge is -2.24. The number of carbonyl (C=O) groups excluding carboxylic acids is 1. The number of hydrogen-bond donors (Lipinski definition) is 3. The summed E-state index contributed by atoms with van der Waals surface area (Å²) >= 11 is 1.31. The summed E-state index contributed by atoms with van der Waals surface area (Å²) in [5.41, 5.74) is 5.83. The topological polar surface area (TPSA) is 83.3 Å². The Balaban J connectivity index is 1.86. The largest absolute Gasteiger partial charge is 0.382 e. The third kappa shape index (κ3) is 4.31. The van der Waals surface area contributed by atoms with E-state index >= 15 is 0 Å². The maximum atomic E-state index is 12.2. The van der Waals surface area contributed by atoms with Crippen molar-refractivity contribution in [3.05, 3.63) is 4.88 Å². The first-order valence-electron chi connectivity index (χ1n) is 7.53. The lowest BCUT2D eigenvalue weighted by atomic mass is 10.3. The standard InChI is InChI=1S/C14H25N5OS/c1-4-7-16-14-18-12(15)11(21-14)13(20)17-8-9(2)19(3)10-5-6-10/h9-10H,4-8,15H2,1-3H3,(H,16,18)(H,17,20). The van der Waals surface area contributed by atoms with E-state index in [4.69, 9.17) is 5.73 Å². The van der Waals surface area contributed by atoms with Gasteiger partial charge in [-0.3, -0.25) is 9.69 Å². The van der Waals surface area contributed by atoms with Crippen molar-refractivity contribution < 1.29 is 4.79 Å². The zero-order valence-corrected chi connectivity index (χ0v) is 13.8. The Morgan fingerprint density at radius 1 is 1.57 bits per heavy atom. The van der Waals surface area contributed by atoms with Gasteiger partial charge < -0.3 is 16.4 Å². The predicted molar refractivity (Wildman–Crippen MR) is 87.9 cm³/mol. The average molecular weight is 311 g/mol. The molecule has 1 aliphatic rings. The summed E-state index contributed by atoms with van der Waals surface area (Å²) in [6, 6.07) is 1.02.